The SMILES string of the molecule is CN([N+](=O)[O-])C1(Cc2ccccc2)CCCCC1. The Labute approximate surface area is 108 Å². The Balaban J connectivity index is 2.22. The minimum atomic E-state index is -0.302. The van der Waals surface area contributed by atoms with Crippen molar-refractivity contribution in [2.45, 2.75) is 44.1 Å². The molecule has 0 amide bonds. The van der Waals surface area contributed by atoms with E-state index in [1.165, 1.54) is 17.0 Å². The molecule has 0 saturated heterocycles. The highest BCUT2D eigenvalue weighted by Crippen LogP contribution is 2.35. The van der Waals surface area contributed by atoms with Gasteiger partial charge in [-0.05, 0) is 18.4 Å². The van der Waals surface area contributed by atoms with Gasteiger partial charge in [-0.3, -0.25) is 0 Å². The van der Waals surface area contributed by atoms with Gasteiger partial charge in [-0.1, -0.05) is 49.6 Å². The largest absolute Gasteiger partial charge is 0.235 e. The van der Waals surface area contributed by atoms with Gasteiger partial charge in [-0.15, -0.1) is 5.01 Å². The molecular weight excluding hydrogens is 228 g/mol. The predicted molar refractivity (Wildman–Crippen MR) is 70.7 cm³/mol. The Hall–Kier alpha value is -1.58. The summed E-state index contributed by atoms with van der Waals surface area (Å²) in [6.07, 6.45) is 5.97. The Bertz CT molecular complexity index is 400. The second-order valence-electron chi connectivity index (χ2n) is 5.21. The van der Waals surface area contributed by atoms with E-state index in [1.807, 2.05) is 18.2 Å². The summed E-state index contributed by atoms with van der Waals surface area (Å²) in [5.41, 5.74) is 0.886. The van der Waals surface area contributed by atoms with Gasteiger partial charge >= 0.3 is 0 Å². The lowest BCUT2D eigenvalue weighted by atomic mass is 9.77. The van der Waals surface area contributed by atoms with Crippen molar-refractivity contribution >= 4 is 0 Å². The Morgan fingerprint density at radius 2 is 1.83 bits per heavy atom. The minimum Gasteiger partial charge on any atom is -0.235 e. The molecule has 1 aliphatic carbocycles. The molecule has 2 rings (SSSR count). The van der Waals surface area contributed by atoms with Crippen molar-refractivity contribution in [2.24, 2.45) is 0 Å². The summed E-state index contributed by atoms with van der Waals surface area (Å²) in [7, 11) is 1.62. The topological polar surface area (TPSA) is 46.4 Å². The van der Waals surface area contributed by atoms with Crippen LogP contribution in [0.3, 0.4) is 0 Å². The number of hydrogen-bond acceptors (Lipinski definition) is 2. The molecule has 0 aliphatic heterocycles. The average molecular weight is 248 g/mol. The molecule has 1 aromatic carbocycles. The van der Waals surface area contributed by atoms with Gasteiger partial charge in [0.25, 0.3) is 0 Å². The summed E-state index contributed by atoms with van der Waals surface area (Å²) in [5, 5.41) is 12.2. The second-order valence-corrected chi connectivity index (χ2v) is 5.21. The molecule has 4 heteroatoms. The molecule has 0 atom stereocenters. The fraction of sp³-hybridized carbons (Fsp3) is 0.571. The molecule has 0 aromatic heterocycles. The highest BCUT2D eigenvalue weighted by Gasteiger charge is 2.41. The zero-order chi connectivity index (χ0) is 13.0. The highest BCUT2D eigenvalue weighted by molar-refractivity contribution is 5.18. The Morgan fingerprint density at radius 1 is 1.22 bits per heavy atom. The first-order valence-corrected chi connectivity index (χ1v) is 6.56. The molecular formula is C14H20N2O2. The van der Waals surface area contributed by atoms with E-state index in [9.17, 15) is 10.1 Å². The number of hydrazine groups is 1. The maximum absolute atomic E-state index is 11.1. The number of benzene rings is 1. The van der Waals surface area contributed by atoms with Gasteiger partial charge in [0.1, 0.15) is 5.54 Å². The van der Waals surface area contributed by atoms with Crippen LogP contribution in [0.15, 0.2) is 30.3 Å². The zero-order valence-electron chi connectivity index (χ0n) is 10.8. The van der Waals surface area contributed by atoms with Crippen molar-refractivity contribution in [3.05, 3.63) is 46.0 Å². The molecule has 0 unspecified atom stereocenters. The molecule has 18 heavy (non-hydrogen) atoms. The van der Waals surface area contributed by atoms with Crippen LogP contribution in [0.4, 0.5) is 0 Å². The third kappa shape index (κ3) is 2.63. The van der Waals surface area contributed by atoms with Gasteiger partial charge in [0, 0.05) is 6.42 Å². The maximum Gasteiger partial charge on any atom is 0.160 e. The Morgan fingerprint density at radius 3 is 2.39 bits per heavy atom. The van der Waals surface area contributed by atoms with Gasteiger partial charge in [0.15, 0.2) is 5.03 Å². The van der Waals surface area contributed by atoms with Crippen LogP contribution in [0, 0.1) is 10.1 Å². The van der Waals surface area contributed by atoms with E-state index in [-0.39, 0.29) is 10.6 Å². The fourth-order valence-corrected chi connectivity index (χ4v) is 2.97. The van der Waals surface area contributed by atoms with E-state index in [4.69, 9.17) is 0 Å². The molecule has 98 valence electrons. The van der Waals surface area contributed by atoms with Gasteiger partial charge < -0.3 is 0 Å². The van der Waals surface area contributed by atoms with Gasteiger partial charge in [0.2, 0.25) is 0 Å². The number of nitro groups is 1. The number of rotatable bonds is 4. The van der Waals surface area contributed by atoms with Crippen LogP contribution < -0.4 is 0 Å². The molecule has 1 aliphatic rings. The smallest absolute Gasteiger partial charge is 0.160 e. The minimum absolute atomic E-state index is 0.256. The normalized spacial score (nSPS) is 18.3. The van der Waals surface area contributed by atoms with Crippen molar-refractivity contribution in [1.29, 1.82) is 0 Å². The second kappa shape index (κ2) is 5.38. The first-order chi connectivity index (χ1) is 8.64. The summed E-state index contributed by atoms with van der Waals surface area (Å²) < 4.78 is 0. The van der Waals surface area contributed by atoms with E-state index in [0.29, 0.717) is 0 Å². The lowest BCUT2D eigenvalue weighted by molar-refractivity contribution is -0.669. The van der Waals surface area contributed by atoms with Gasteiger partial charge in [0.05, 0.1) is 7.05 Å². The van der Waals surface area contributed by atoms with E-state index in [0.717, 1.165) is 32.1 Å². The van der Waals surface area contributed by atoms with Crippen LogP contribution in [0.1, 0.15) is 37.7 Å². The first-order valence-electron chi connectivity index (χ1n) is 6.56. The molecule has 1 saturated carbocycles. The molecule has 1 fully saturated rings. The number of likely N-dealkylation sites (N-methyl/N-ethyl adjacent to an activating group) is 1. The Kier molecular flexibility index (Phi) is 3.84. The lowest BCUT2D eigenvalue weighted by Gasteiger charge is -2.39. The van der Waals surface area contributed by atoms with Crippen molar-refractivity contribution in [1.82, 2.24) is 5.01 Å². The fourth-order valence-electron chi connectivity index (χ4n) is 2.97. The van der Waals surface area contributed by atoms with Crippen LogP contribution >= 0.6 is 0 Å². The van der Waals surface area contributed by atoms with Crippen LogP contribution in [0.2, 0.25) is 0 Å². The molecule has 1 aromatic rings. The molecule has 4 nitrogen and oxygen atoms in total. The van der Waals surface area contributed by atoms with Crippen molar-refractivity contribution in [3.63, 3.8) is 0 Å². The van der Waals surface area contributed by atoms with Crippen LogP contribution in [0.25, 0.3) is 0 Å². The first kappa shape index (κ1) is 12.9. The maximum atomic E-state index is 11.1. The quantitative estimate of drug-likeness (QED) is 0.607. The van der Waals surface area contributed by atoms with E-state index < -0.39 is 0 Å². The van der Waals surface area contributed by atoms with Gasteiger partial charge in [-0.25, -0.2) is 10.1 Å². The average Bonchev–Trinajstić information content (AvgIpc) is 2.40. The zero-order valence-corrected chi connectivity index (χ0v) is 10.8. The molecule has 0 radical (unpaired) electrons. The molecule has 0 N–H and O–H groups in total. The molecule has 0 heterocycles. The van der Waals surface area contributed by atoms with Crippen molar-refractivity contribution in [3.8, 4) is 0 Å². The summed E-state index contributed by atoms with van der Waals surface area (Å²) in [6, 6.07) is 10.1. The van der Waals surface area contributed by atoms with Gasteiger partial charge in [-0.2, -0.15) is 0 Å². The van der Waals surface area contributed by atoms with Crippen LogP contribution in [0.5, 0.6) is 0 Å². The highest BCUT2D eigenvalue weighted by atomic mass is 16.7. The van der Waals surface area contributed by atoms with Crippen molar-refractivity contribution < 1.29 is 5.03 Å². The number of hydrogen-bond donors (Lipinski definition) is 0. The van der Waals surface area contributed by atoms with E-state index in [1.54, 1.807) is 7.05 Å². The van der Waals surface area contributed by atoms with Crippen LogP contribution in [-0.4, -0.2) is 22.6 Å². The summed E-state index contributed by atoms with van der Waals surface area (Å²) >= 11 is 0. The van der Waals surface area contributed by atoms with Crippen LogP contribution in [-0.2, 0) is 6.42 Å². The standard InChI is InChI=1S/C14H20N2O2/c1-15(16(17)18)14(10-6-3-7-11-14)12-13-8-4-2-5-9-13/h2,4-5,8-9H,3,6-7,10-12H2,1H3. The van der Waals surface area contributed by atoms with E-state index in [2.05, 4.69) is 12.1 Å². The number of nitrogens with zero attached hydrogens (tertiary/aromatic N) is 2. The predicted octanol–water partition coefficient (Wildman–Crippen LogP) is 3.06. The lowest BCUT2D eigenvalue weighted by Crippen LogP contribution is -2.52. The molecule has 0 spiro atoms. The monoisotopic (exact) mass is 248 g/mol. The molecule has 0 bridgehead atoms. The third-order valence-corrected chi connectivity index (χ3v) is 4.09. The summed E-state index contributed by atoms with van der Waals surface area (Å²) in [4.78, 5) is 11.1. The third-order valence-electron chi connectivity index (χ3n) is 4.09. The van der Waals surface area contributed by atoms with E-state index >= 15 is 0 Å². The summed E-state index contributed by atoms with van der Waals surface area (Å²) in [6.45, 7) is 0. The van der Waals surface area contributed by atoms with Crippen molar-refractivity contribution in [2.75, 3.05) is 7.05 Å². The summed E-state index contributed by atoms with van der Waals surface area (Å²) in [5.74, 6) is 0.